The Balaban J connectivity index is 1.71. The van der Waals surface area contributed by atoms with Gasteiger partial charge in [0, 0.05) is 24.4 Å². The molecule has 1 amide bonds. The first kappa shape index (κ1) is 17.0. The smallest absolute Gasteiger partial charge is 0.229 e. The number of nitrogens with one attached hydrogen (secondary N) is 1. The maximum atomic E-state index is 12.4. The van der Waals surface area contributed by atoms with E-state index in [2.05, 4.69) is 10.3 Å². The molecule has 6 nitrogen and oxygen atoms in total. The number of aliphatic imine (C=N–C) groups is 1. The molecule has 0 aromatic heterocycles. The average Bonchev–Trinajstić information content (AvgIpc) is 2.90. The Kier molecular flexibility index (Phi) is 4.72. The van der Waals surface area contributed by atoms with Gasteiger partial charge in [0.15, 0.2) is 11.6 Å². The Hall–Kier alpha value is -2.86. The minimum Gasteiger partial charge on any atom is -0.497 e. The van der Waals surface area contributed by atoms with Gasteiger partial charge in [0.1, 0.15) is 5.75 Å². The van der Waals surface area contributed by atoms with Crippen LogP contribution in [0.5, 0.6) is 5.75 Å². The van der Waals surface area contributed by atoms with Gasteiger partial charge in [-0.2, -0.15) is 0 Å². The van der Waals surface area contributed by atoms with Crippen molar-refractivity contribution in [3.8, 4) is 5.75 Å². The van der Waals surface area contributed by atoms with E-state index in [0.29, 0.717) is 17.3 Å². The zero-order valence-corrected chi connectivity index (χ0v) is 14.5. The van der Waals surface area contributed by atoms with Crippen molar-refractivity contribution < 1.29 is 14.4 Å². The van der Waals surface area contributed by atoms with Crippen molar-refractivity contribution in [3.05, 3.63) is 60.2 Å². The summed E-state index contributed by atoms with van der Waals surface area (Å²) in [7, 11) is 3.38. The van der Waals surface area contributed by atoms with Crippen molar-refractivity contribution in [1.29, 1.82) is 0 Å². The second-order valence-corrected chi connectivity index (χ2v) is 6.02. The minimum atomic E-state index is -0.942. The Labute approximate surface area is 147 Å². The summed E-state index contributed by atoms with van der Waals surface area (Å²) in [5.41, 5.74) is 0.677. The second kappa shape index (κ2) is 6.94. The third-order valence-corrected chi connectivity index (χ3v) is 3.85. The molecule has 3 rings (SSSR count). The van der Waals surface area contributed by atoms with Crippen LogP contribution in [-0.4, -0.2) is 36.7 Å². The van der Waals surface area contributed by atoms with Crippen LogP contribution < -0.4 is 10.1 Å². The van der Waals surface area contributed by atoms with Crippen molar-refractivity contribution in [2.75, 3.05) is 19.5 Å². The Morgan fingerprint density at radius 3 is 2.72 bits per heavy atom. The fourth-order valence-corrected chi connectivity index (χ4v) is 2.76. The highest BCUT2D eigenvalue weighted by Crippen LogP contribution is 2.28. The Bertz CT molecular complexity index is 792. The number of amidine groups is 1. The largest absolute Gasteiger partial charge is 0.497 e. The highest BCUT2D eigenvalue weighted by molar-refractivity contribution is 5.99. The second-order valence-electron chi connectivity index (χ2n) is 6.02. The summed E-state index contributed by atoms with van der Waals surface area (Å²) in [6.45, 7) is 1.80. The molecule has 0 aliphatic carbocycles. The van der Waals surface area contributed by atoms with E-state index < -0.39 is 5.72 Å². The first-order chi connectivity index (χ1) is 12.0. The number of hydrogen-bond acceptors (Lipinski definition) is 5. The third kappa shape index (κ3) is 3.97. The van der Waals surface area contributed by atoms with Crippen molar-refractivity contribution in [1.82, 2.24) is 5.06 Å². The number of hydroxylamine groups is 2. The van der Waals surface area contributed by atoms with E-state index in [9.17, 15) is 4.79 Å². The number of ether oxygens (including phenoxy) is 1. The number of nitrogens with zero attached hydrogens (tertiary/aromatic N) is 2. The monoisotopic (exact) mass is 339 g/mol. The lowest BCUT2D eigenvalue weighted by atomic mass is 10.1. The van der Waals surface area contributed by atoms with Crippen molar-refractivity contribution >= 4 is 17.4 Å². The lowest BCUT2D eigenvalue weighted by molar-refractivity contribution is -0.164. The van der Waals surface area contributed by atoms with Crippen LogP contribution in [0.3, 0.4) is 0 Å². The molecule has 130 valence electrons. The fraction of sp³-hybridized carbons (Fsp3) is 0.263. The quantitative estimate of drug-likeness (QED) is 0.909. The lowest BCUT2D eigenvalue weighted by Gasteiger charge is -2.21. The summed E-state index contributed by atoms with van der Waals surface area (Å²) in [5, 5.41) is 4.46. The number of hydrogen-bond donors (Lipinski definition) is 1. The molecule has 1 heterocycles. The van der Waals surface area contributed by atoms with Crippen LogP contribution >= 0.6 is 0 Å². The van der Waals surface area contributed by atoms with Crippen LogP contribution in [0.15, 0.2) is 59.6 Å². The van der Waals surface area contributed by atoms with Crippen LogP contribution in [0.2, 0.25) is 0 Å². The molecule has 25 heavy (non-hydrogen) atoms. The molecule has 1 aliphatic rings. The first-order valence-corrected chi connectivity index (χ1v) is 8.01. The lowest BCUT2D eigenvalue weighted by Crippen LogP contribution is -2.32. The zero-order valence-electron chi connectivity index (χ0n) is 14.5. The number of anilines is 1. The third-order valence-electron chi connectivity index (χ3n) is 3.85. The number of carbonyl (C=O) groups is 1. The fourth-order valence-electron chi connectivity index (χ4n) is 2.76. The van der Waals surface area contributed by atoms with E-state index in [1.807, 2.05) is 48.5 Å². The average molecular weight is 339 g/mol. The van der Waals surface area contributed by atoms with E-state index in [1.165, 1.54) is 0 Å². The highest BCUT2D eigenvalue weighted by atomic mass is 16.7. The van der Waals surface area contributed by atoms with E-state index in [1.54, 1.807) is 32.2 Å². The standard InChI is InChI=1S/C19H21N3O3/c1-19(13-17(23)20-15-10-7-11-16(12-15)24-3)21-18(22(2)25-19)14-8-5-4-6-9-14/h4-12H,13H2,1-3H3,(H,20,23). The van der Waals surface area contributed by atoms with Crippen LogP contribution in [0, 0.1) is 0 Å². The van der Waals surface area contributed by atoms with E-state index >= 15 is 0 Å². The molecule has 0 saturated carbocycles. The Morgan fingerprint density at radius 1 is 1.24 bits per heavy atom. The van der Waals surface area contributed by atoms with E-state index in [0.717, 1.165) is 5.56 Å². The maximum Gasteiger partial charge on any atom is 0.229 e. The van der Waals surface area contributed by atoms with Gasteiger partial charge in [-0.3, -0.25) is 4.79 Å². The van der Waals surface area contributed by atoms with Crippen molar-refractivity contribution in [3.63, 3.8) is 0 Å². The van der Waals surface area contributed by atoms with Gasteiger partial charge in [0.05, 0.1) is 13.5 Å². The van der Waals surface area contributed by atoms with Crippen LogP contribution in [0.25, 0.3) is 0 Å². The molecule has 0 fully saturated rings. The molecule has 0 spiro atoms. The number of amides is 1. The predicted molar refractivity (Wildman–Crippen MR) is 96.5 cm³/mol. The molecule has 0 saturated heterocycles. The molecular weight excluding hydrogens is 318 g/mol. The molecule has 2 aromatic carbocycles. The van der Waals surface area contributed by atoms with Crippen LogP contribution in [0.1, 0.15) is 18.9 Å². The number of carbonyl (C=O) groups excluding carboxylic acids is 1. The van der Waals surface area contributed by atoms with Crippen molar-refractivity contribution in [2.45, 2.75) is 19.1 Å². The SMILES string of the molecule is COc1cccc(NC(=O)CC2(C)N=C(c3ccccc3)N(C)O2)c1. The summed E-state index contributed by atoms with van der Waals surface area (Å²) in [4.78, 5) is 22.8. The summed E-state index contributed by atoms with van der Waals surface area (Å²) in [5.74, 6) is 1.21. The zero-order chi connectivity index (χ0) is 17.9. The van der Waals surface area contributed by atoms with Gasteiger partial charge in [0.2, 0.25) is 5.91 Å². The minimum absolute atomic E-state index is 0.102. The number of rotatable bonds is 5. The van der Waals surface area contributed by atoms with Gasteiger partial charge in [-0.05, 0) is 19.1 Å². The molecule has 2 aromatic rings. The highest BCUT2D eigenvalue weighted by Gasteiger charge is 2.37. The Morgan fingerprint density at radius 2 is 2.00 bits per heavy atom. The van der Waals surface area contributed by atoms with Gasteiger partial charge in [0.25, 0.3) is 0 Å². The molecule has 1 aliphatic heterocycles. The molecule has 1 N–H and O–H groups in total. The van der Waals surface area contributed by atoms with Gasteiger partial charge in [-0.25, -0.2) is 14.9 Å². The first-order valence-electron chi connectivity index (χ1n) is 8.01. The van der Waals surface area contributed by atoms with Gasteiger partial charge in [-0.1, -0.05) is 36.4 Å². The molecule has 6 heteroatoms. The number of methoxy groups -OCH3 is 1. The van der Waals surface area contributed by atoms with Gasteiger partial charge < -0.3 is 10.1 Å². The molecular formula is C19H21N3O3. The molecule has 0 bridgehead atoms. The van der Waals surface area contributed by atoms with E-state index in [4.69, 9.17) is 9.57 Å². The summed E-state index contributed by atoms with van der Waals surface area (Å²) >= 11 is 0. The summed E-state index contributed by atoms with van der Waals surface area (Å²) in [6, 6.07) is 17.0. The normalized spacial score (nSPS) is 19.5. The predicted octanol–water partition coefficient (Wildman–Crippen LogP) is 3.06. The molecule has 0 radical (unpaired) electrons. The summed E-state index contributed by atoms with van der Waals surface area (Å²) in [6.07, 6.45) is 0.102. The summed E-state index contributed by atoms with van der Waals surface area (Å²) < 4.78 is 5.16. The van der Waals surface area contributed by atoms with Crippen LogP contribution in [0.4, 0.5) is 5.69 Å². The van der Waals surface area contributed by atoms with Crippen molar-refractivity contribution in [2.24, 2.45) is 4.99 Å². The van der Waals surface area contributed by atoms with E-state index in [-0.39, 0.29) is 12.3 Å². The molecule has 1 unspecified atom stereocenters. The van der Waals surface area contributed by atoms with Crippen LogP contribution in [-0.2, 0) is 9.63 Å². The molecule has 1 atom stereocenters. The maximum absolute atomic E-state index is 12.4. The van der Waals surface area contributed by atoms with Gasteiger partial charge in [-0.15, -0.1) is 0 Å². The topological polar surface area (TPSA) is 63.2 Å². The number of benzene rings is 2. The van der Waals surface area contributed by atoms with Gasteiger partial charge >= 0.3 is 0 Å².